The smallest absolute Gasteiger partial charge is 0.293 e. The van der Waals surface area contributed by atoms with Crippen molar-refractivity contribution in [2.75, 3.05) is 24.2 Å². The zero-order chi connectivity index (χ0) is 19.3. The highest BCUT2D eigenvalue weighted by Crippen LogP contribution is 2.26. The lowest BCUT2D eigenvalue weighted by atomic mass is 10.3. The van der Waals surface area contributed by atoms with Crippen molar-refractivity contribution in [3.63, 3.8) is 0 Å². The van der Waals surface area contributed by atoms with Crippen LogP contribution < -0.4 is 4.90 Å². The summed E-state index contributed by atoms with van der Waals surface area (Å²) in [6.07, 6.45) is 4.93. The van der Waals surface area contributed by atoms with E-state index in [4.69, 9.17) is 11.6 Å². The molecular weight excluding hydrogens is 374 g/mol. The summed E-state index contributed by atoms with van der Waals surface area (Å²) in [6.45, 7) is 6.09. The Labute approximate surface area is 162 Å². The predicted molar refractivity (Wildman–Crippen MR) is 105 cm³/mol. The summed E-state index contributed by atoms with van der Waals surface area (Å²) in [4.78, 5) is 31.7. The van der Waals surface area contributed by atoms with Gasteiger partial charge >= 0.3 is 6.03 Å². The molecule has 9 heteroatoms. The molecule has 0 aliphatic heterocycles. The molecule has 2 aromatic heterocycles. The van der Waals surface area contributed by atoms with Gasteiger partial charge in [-0.05, 0) is 25.0 Å². The van der Waals surface area contributed by atoms with Gasteiger partial charge in [0.25, 0.3) is 5.24 Å². The first kappa shape index (κ1) is 20.3. The number of carbonyl (C=O) groups is 2. The van der Waals surface area contributed by atoms with Crippen LogP contribution in [0.5, 0.6) is 0 Å². The first-order valence-corrected chi connectivity index (χ1v) is 9.59. The van der Waals surface area contributed by atoms with E-state index in [0.717, 1.165) is 17.4 Å². The van der Waals surface area contributed by atoms with Crippen molar-refractivity contribution < 1.29 is 9.59 Å². The third-order valence-electron chi connectivity index (χ3n) is 3.52. The number of carbonyl (C=O) groups excluding carboxylic acids is 2. The molecule has 0 bridgehead atoms. The number of hydrogen-bond acceptors (Lipinski definition) is 5. The van der Waals surface area contributed by atoms with Crippen molar-refractivity contribution in [1.82, 2.24) is 19.7 Å². The molecule has 0 unspecified atom stereocenters. The molecule has 2 aromatic rings. The fraction of sp³-hybridized carbons (Fsp3) is 0.412. The van der Waals surface area contributed by atoms with Gasteiger partial charge in [0.05, 0.1) is 18.1 Å². The topological polar surface area (TPSA) is 71.3 Å². The molecule has 0 aliphatic carbocycles. The number of rotatable bonds is 5. The van der Waals surface area contributed by atoms with Crippen LogP contribution in [0.15, 0.2) is 30.7 Å². The molecule has 0 radical (unpaired) electrons. The molecular formula is C17H22ClN5O2S. The minimum absolute atomic E-state index is 0.169. The van der Waals surface area contributed by atoms with E-state index in [2.05, 4.69) is 10.1 Å². The number of urea groups is 1. The van der Waals surface area contributed by atoms with Crippen molar-refractivity contribution in [1.29, 1.82) is 0 Å². The molecule has 0 aromatic carbocycles. The average Bonchev–Trinajstić information content (AvgIpc) is 3.02. The van der Waals surface area contributed by atoms with E-state index >= 15 is 0 Å². The number of anilines is 1. The fourth-order valence-electron chi connectivity index (χ4n) is 2.13. The van der Waals surface area contributed by atoms with Crippen LogP contribution in [-0.4, -0.2) is 50.3 Å². The van der Waals surface area contributed by atoms with Gasteiger partial charge < -0.3 is 0 Å². The van der Waals surface area contributed by atoms with Gasteiger partial charge in [-0.15, -0.1) is 0 Å². The fourth-order valence-corrected chi connectivity index (χ4v) is 3.23. The van der Waals surface area contributed by atoms with Crippen molar-refractivity contribution in [2.45, 2.75) is 20.8 Å². The van der Waals surface area contributed by atoms with Crippen LogP contribution in [0.4, 0.5) is 15.3 Å². The molecule has 0 aliphatic rings. The lowest BCUT2D eigenvalue weighted by Gasteiger charge is -2.24. The van der Waals surface area contributed by atoms with Gasteiger partial charge in [-0.25, -0.2) is 9.48 Å². The van der Waals surface area contributed by atoms with E-state index in [1.807, 2.05) is 19.9 Å². The minimum Gasteiger partial charge on any atom is -0.293 e. The number of amides is 3. The molecule has 140 valence electrons. The number of nitrogens with zero attached hydrogens (tertiary/aromatic N) is 5. The van der Waals surface area contributed by atoms with Crippen molar-refractivity contribution >= 4 is 40.3 Å². The predicted octanol–water partition coefficient (Wildman–Crippen LogP) is 4.31. The van der Waals surface area contributed by atoms with Gasteiger partial charge in [-0.1, -0.05) is 37.2 Å². The summed E-state index contributed by atoms with van der Waals surface area (Å²) in [7, 11) is 1.57. The van der Waals surface area contributed by atoms with Gasteiger partial charge in [0.2, 0.25) is 0 Å². The maximum absolute atomic E-state index is 12.8. The Balaban J connectivity index is 2.19. The Kier molecular flexibility index (Phi) is 7.05. The van der Waals surface area contributed by atoms with Gasteiger partial charge in [0.1, 0.15) is 5.69 Å². The molecule has 0 spiro atoms. The molecule has 2 rings (SSSR count). The van der Waals surface area contributed by atoms with E-state index in [-0.39, 0.29) is 16.9 Å². The zero-order valence-corrected chi connectivity index (χ0v) is 16.8. The van der Waals surface area contributed by atoms with Crippen LogP contribution in [0.25, 0.3) is 5.69 Å². The number of halogens is 1. The number of aromatic nitrogens is 3. The highest BCUT2D eigenvalue weighted by atomic mass is 35.5. The second-order valence-corrected chi connectivity index (χ2v) is 7.35. The molecule has 26 heavy (non-hydrogen) atoms. The number of imide groups is 1. The second-order valence-electron chi connectivity index (χ2n) is 6.02. The minimum atomic E-state index is -0.443. The lowest BCUT2D eigenvalue weighted by molar-refractivity contribution is 0.207. The van der Waals surface area contributed by atoms with Gasteiger partial charge in [-0.2, -0.15) is 5.10 Å². The largest absolute Gasteiger partial charge is 0.331 e. The summed E-state index contributed by atoms with van der Waals surface area (Å²) in [5, 5.41) is 4.11. The third kappa shape index (κ3) is 4.76. The Morgan fingerprint density at radius 3 is 2.69 bits per heavy atom. The van der Waals surface area contributed by atoms with Crippen molar-refractivity contribution in [2.24, 2.45) is 5.92 Å². The average molecular weight is 396 g/mol. The highest BCUT2D eigenvalue weighted by Gasteiger charge is 2.27. The van der Waals surface area contributed by atoms with Gasteiger partial charge in [-0.3, -0.25) is 19.6 Å². The van der Waals surface area contributed by atoms with Crippen LogP contribution in [-0.2, 0) is 0 Å². The maximum atomic E-state index is 12.8. The lowest BCUT2D eigenvalue weighted by Crippen LogP contribution is -2.43. The molecule has 0 N–H and O–H groups in total. The Bertz CT molecular complexity index is 766. The Morgan fingerprint density at radius 1 is 1.38 bits per heavy atom. The molecule has 0 saturated heterocycles. The first-order chi connectivity index (χ1) is 12.3. The Morgan fingerprint density at radius 2 is 2.12 bits per heavy atom. The molecule has 2 heterocycles. The summed E-state index contributed by atoms with van der Waals surface area (Å²) in [6, 6.07) is 3.16. The third-order valence-corrected chi connectivity index (χ3v) is 5.09. The number of thioether (sulfide) groups is 1. The quantitative estimate of drug-likeness (QED) is 0.754. The van der Waals surface area contributed by atoms with Crippen molar-refractivity contribution in [3.8, 4) is 5.69 Å². The molecule has 3 amide bonds. The van der Waals surface area contributed by atoms with Crippen LogP contribution in [0, 0.1) is 5.92 Å². The van der Waals surface area contributed by atoms with Gasteiger partial charge in [0.15, 0.2) is 5.15 Å². The zero-order valence-electron chi connectivity index (χ0n) is 15.2. The standard InChI is InChI=1S/C17H22ClN5O2S/c1-5-22(17(25)26-11-12(2)3)16(24)21(4)14-10-23(20-15(14)18)13-7-6-8-19-9-13/h6-10,12H,5,11H2,1-4H3. The van der Waals surface area contributed by atoms with Crippen LogP contribution in [0.3, 0.4) is 0 Å². The highest BCUT2D eigenvalue weighted by molar-refractivity contribution is 8.13. The molecule has 0 saturated carbocycles. The van der Waals surface area contributed by atoms with E-state index in [1.165, 1.54) is 9.80 Å². The SMILES string of the molecule is CCN(C(=O)SCC(C)C)C(=O)N(C)c1cn(-c2cccnc2)nc1Cl. The summed E-state index contributed by atoms with van der Waals surface area (Å²) in [5.74, 6) is 1.02. The summed E-state index contributed by atoms with van der Waals surface area (Å²) in [5.41, 5.74) is 1.14. The van der Waals surface area contributed by atoms with Crippen LogP contribution in [0.2, 0.25) is 5.15 Å². The molecule has 0 atom stereocenters. The van der Waals surface area contributed by atoms with E-state index in [9.17, 15) is 9.59 Å². The summed E-state index contributed by atoms with van der Waals surface area (Å²) < 4.78 is 1.54. The van der Waals surface area contributed by atoms with E-state index < -0.39 is 6.03 Å². The number of pyridine rings is 1. The molecule has 7 nitrogen and oxygen atoms in total. The summed E-state index contributed by atoms with van der Waals surface area (Å²) >= 11 is 7.35. The first-order valence-electron chi connectivity index (χ1n) is 8.22. The van der Waals surface area contributed by atoms with Crippen LogP contribution in [0.1, 0.15) is 20.8 Å². The maximum Gasteiger partial charge on any atom is 0.331 e. The monoisotopic (exact) mass is 395 g/mol. The Hall–Kier alpha value is -2.06. The van der Waals surface area contributed by atoms with Crippen LogP contribution >= 0.6 is 23.4 Å². The normalized spacial score (nSPS) is 10.8. The van der Waals surface area contributed by atoms with Gasteiger partial charge in [0, 0.05) is 25.5 Å². The molecule has 0 fully saturated rings. The second kappa shape index (κ2) is 9.05. The van der Waals surface area contributed by atoms with Crippen molar-refractivity contribution in [3.05, 3.63) is 35.9 Å². The van der Waals surface area contributed by atoms with E-state index in [0.29, 0.717) is 17.4 Å². The number of hydrogen-bond donors (Lipinski definition) is 0. The van der Waals surface area contributed by atoms with E-state index in [1.54, 1.807) is 43.3 Å².